The molecule has 1 aliphatic heterocycles. The van der Waals surface area contributed by atoms with Crippen molar-refractivity contribution in [3.05, 3.63) is 97.0 Å². The average Bonchev–Trinajstić information content (AvgIpc) is 2.74. The fraction of sp³-hybridized carbons (Fsp3) is 0.0476. The summed E-state index contributed by atoms with van der Waals surface area (Å²) in [5, 5.41) is 0. The molecule has 1 atom stereocenters. The Kier molecular flexibility index (Phi) is 4.35. The molecule has 0 saturated carbocycles. The van der Waals surface area contributed by atoms with Crippen molar-refractivity contribution in [2.45, 2.75) is 6.04 Å². The van der Waals surface area contributed by atoms with Gasteiger partial charge in [-0.1, -0.05) is 24.3 Å². The van der Waals surface area contributed by atoms with Gasteiger partial charge in [0.25, 0.3) is 0 Å². The Labute approximate surface area is 151 Å². The lowest BCUT2D eigenvalue weighted by Crippen LogP contribution is -2.36. The number of para-hydroxylation sites is 1. The van der Waals surface area contributed by atoms with Crippen LogP contribution in [0, 0.1) is 0 Å². The van der Waals surface area contributed by atoms with Crippen LogP contribution < -0.4 is 4.90 Å². The van der Waals surface area contributed by atoms with Crippen molar-refractivity contribution in [3.8, 4) is 0 Å². The summed E-state index contributed by atoms with van der Waals surface area (Å²) in [5.41, 5.74) is 3.38. The third-order valence-corrected chi connectivity index (χ3v) is 4.18. The first kappa shape index (κ1) is 15.9. The smallest absolute Gasteiger partial charge is 0.157 e. The van der Waals surface area contributed by atoms with E-state index in [2.05, 4.69) is 15.0 Å². The number of aromatic nitrogens is 3. The Hall–Kier alpha value is -3.60. The first-order valence-electron chi connectivity index (χ1n) is 8.28. The molecule has 0 radical (unpaired) electrons. The molecular formula is C21H16N4O. The van der Waals surface area contributed by atoms with Crippen LogP contribution in [0.5, 0.6) is 0 Å². The zero-order valence-electron chi connectivity index (χ0n) is 13.9. The largest absolute Gasteiger partial charge is 0.333 e. The van der Waals surface area contributed by atoms with Gasteiger partial charge in [-0.2, -0.15) is 0 Å². The molecule has 0 fully saturated rings. The Morgan fingerprint density at radius 2 is 1.58 bits per heavy atom. The van der Waals surface area contributed by atoms with E-state index in [9.17, 15) is 4.79 Å². The number of aldehydes is 1. The molecule has 5 heteroatoms. The summed E-state index contributed by atoms with van der Waals surface area (Å²) >= 11 is 0. The van der Waals surface area contributed by atoms with Crippen molar-refractivity contribution in [1.82, 2.24) is 15.0 Å². The summed E-state index contributed by atoms with van der Waals surface area (Å²) in [5.74, 6) is 0.534. The number of pyridine rings is 1. The maximum absolute atomic E-state index is 12.0. The predicted molar refractivity (Wildman–Crippen MR) is 101 cm³/mol. The molecule has 3 heterocycles. The van der Waals surface area contributed by atoms with Gasteiger partial charge >= 0.3 is 0 Å². The highest BCUT2D eigenvalue weighted by Crippen LogP contribution is 2.33. The van der Waals surface area contributed by atoms with Crippen molar-refractivity contribution in [1.29, 1.82) is 0 Å². The molecule has 0 saturated heterocycles. The molecule has 126 valence electrons. The van der Waals surface area contributed by atoms with E-state index in [0.29, 0.717) is 5.82 Å². The molecule has 0 aliphatic carbocycles. The van der Waals surface area contributed by atoms with Crippen LogP contribution in [0.3, 0.4) is 0 Å². The fourth-order valence-electron chi connectivity index (χ4n) is 2.96. The van der Waals surface area contributed by atoms with Gasteiger partial charge in [-0.05, 0) is 36.4 Å². The first-order valence-corrected chi connectivity index (χ1v) is 8.28. The van der Waals surface area contributed by atoms with Gasteiger partial charge in [-0.25, -0.2) is 9.97 Å². The minimum atomic E-state index is -0.507. The van der Waals surface area contributed by atoms with Gasteiger partial charge in [0.05, 0.1) is 5.69 Å². The first-order chi connectivity index (χ1) is 12.9. The number of benzene rings is 1. The van der Waals surface area contributed by atoms with Crippen LogP contribution >= 0.6 is 0 Å². The number of carbonyl (C=O) groups is 1. The SMILES string of the molecule is O=CC1C(c2ncccn2)=CC(c2ccccn2)=CN1c1ccccc1. The van der Waals surface area contributed by atoms with E-state index in [1.54, 1.807) is 24.7 Å². The van der Waals surface area contributed by atoms with E-state index >= 15 is 0 Å². The van der Waals surface area contributed by atoms with Crippen molar-refractivity contribution < 1.29 is 4.79 Å². The minimum absolute atomic E-state index is 0.507. The molecule has 1 aromatic carbocycles. The summed E-state index contributed by atoms with van der Waals surface area (Å²) < 4.78 is 0. The maximum Gasteiger partial charge on any atom is 0.157 e. The highest BCUT2D eigenvalue weighted by Gasteiger charge is 2.28. The lowest BCUT2D eigenvalue weighted by atomic mass is 9.96. The van der Waals surface area contributed by atoms with Gasteiger partial charge in [-0.15, -0.1) is 0 Å². The van der Waals surface area contributed by atoms with Crippen molar-refractivity contribution in [2.75, 3.05) is 4.90 Å². The normalized spacial score (nSPS) is 16.6. The summed E-state index contributed by atoms with van der Waals surface area (Å²) in [4.78, 5) is 27.1. The number of allylic oxidation sites excluding steroid dienone is 2. The van der Waals surface area contributed by atoms with Crippen LogP contribution in [0.2, 0.25) is 0 Å². The van der Waals surface area contributed by atoms with E-state index < -0.39 is 6.04 Å². The third-order valence-electron chi connectivity index (χ3n) is 4.18. The van der Waals surface area contributed by atoms with E-state index in [0.717, 1.165) is 28.8 Å². The Morgan fingerprint density at radius 1 is 0.846 bits per heavy atom. The Morgan fingerprint density at radius 3 is 2.27 bits per heavy atom. The van der Waals surface area contributed by atoms with E-state index in [1.165, 1.54) is 0 Å². The molecule has 26 heavy (non-hydrogen) atoms. The van der Waals surface area contributed by atoms with Gasteiger partial charge in [0.2, 0.25) is 0 Å². The molecule has 5 nitrogen and oxygen atoms in total. The standard InChI is InChI=1S/C21H16N4O/c26-15-20-18(21-23-11-6-12-24-21)13-16(19-9-4-5-10-22-19)14-25(20)17-7-2-1-3-8-17/h1-15,20H. The number of anilines is 1. The van der Waals surface area contributed by atoms with Crippen LogP contribution in [0.25, 0.3) is 11.1 Å². The maximum atomic E-state index is 12.0. The molecule has 4 rings (SSSR count). The zero-order valence-corrected chi connectivity index (χ0v) is 13.9. The van der Waals surface area contributed by atoms with Crippen LogP contribution in [-0.4, -0.2) is 27.3 Å². The second-order valence-electron chi connectivity index (χ2n) is 5.80. The van der Waals surface area contributed by atoms with Crippen molar-refractivity contribution >= 4 is 23.1 Å². The topological polar surface area (TPSA) is 59.0 Å². The zero-order chi connectivity index (χ0) is 17.8. The van der Waals surface area contributed by atoms with Crippen LogP contribution in [0.4, 0.5) is 5.69 Å². The number of rotatable bonds is 4. The van der Waals surface area contributed by atoms with Crippen molar-refractivity contribution in [3.63, 3.8) is 0 Å². The van der Waals surface area contributed by atoms with E-state index in [4.69, 9.17) is 0 Å². The van der Waals surface area contributed by atoms with Gasteiger partial charge in [0.1, 0.15) is 12.3 Å². The summed E-state index contributed by atoms with van der Waals surface area (Å²) in [6.07, 6.45) is 9.91. The number of hydrogen-bond acceptors (Lipinski definition) is 5. The minimum Gasteiger partial charge on any atom is -0.333 e. The molecule has 0 N–H and O–H groups in total. The van der Waals surface area contributed by atoms with Crippen LogP contribution in [0.15, 0.2) is 85.5 Å². The summed E-state index contributed by atoms with van der Waals surface area (Å²) in [6.45, 7) is 0. The Balaban J connectivity index is 1.88. The monoisotopic (exact) mass is 340 g/mol. The molecular weight excluding hydrogens is 324 g/mol. The second-order valence-corrected chi connectivity index (χ2v) is 5.80. The predicted octanol–water partition coefficient (Wildman–Crippen LogP) is 3.38. The molecule has 0 amide bonds. The van der Waals surface area contributed by atoms with Gasteiger partial charge in [0, 0.05) is 41.6 Å². The summed E-state index contributed by atoms with van der Waals surface area (Å²) in [7, 11) is 0. The van der Waals surface area contributed by atoms with E-state index in [1.807, 2.05) is 65.7 Å². The third kappa shape index (κ3) is 3.02. The molecule has 1 unspecified atom stereocenters. The number of nitrogens with zero attached hydrogens (tertiary/aromatic N) is 4. The lowest BCUT2D eigenvalue weighted by Gasteiger charge is -2.32. The lowest BCUT2D eigenvalue weighted by molar-refractivity contribution is -0.107. The molecule has 3 aromatic rings. The van der Waals surface area contributed by atoms with Crippen LogP contribution in [-0.2, 0) is 4.79 Å². The van der Waals surface area contributed by atoms with Crippen LogP contribution in [0.1, 0.15) is 11.5 Å². The second kappa shape index (κ2) is 7.11. The van der Waals surface area contributed by atoms with E-state index in [-0.39, 0.29) is 0 Å². The molecule has 2 aromatic heterocycles. The Bertz CT molecular complexity index is 953. The summed E-state index contributed by atoms with van der Waals surface area (Å²) in [6, 6.07) is 16.8. The molecule has 0 spiro atoms. The number of hydrogen-bond donors (Lipinski definition) is 0. The molecule has 1 aliphatic rings. The quantitative estimate of drug-likeness (QED) is 0.682. The highest BCUT2D eigenvalue weighted by molar-refractivity contribution is 5.96. The van der Waals surface area contributed by atoms with Gasteiger partial charge in [-0.3, -0.25) is 4.98 Å². The average molecular weight is 340 g/mol. The van der Waals surface area contributed by atoms with Gasteiger partial charge in [0.15, 0.2) is 5.82 Å². The molecule has 0 bridgehead atoms. The highest BCUT2D eigenvalue weighted by atomic mass is 16.1. The van der Waals surface area contributed by atoms with Gasteiger partial charge < -0.3 is 9.69 Å². The van der Waals surface area contributed by atoms with Crippen molar-refractivity contribution in [2.24, 2.45) is 0 Å². The number of carbonyl (C=O) groups excluding carboxylic acids is 1. The fourth-order valence-corrected chi connectivity index (χ4v) is 2.96.